The van der Waals surface area contributed by atoms with Crippen molar-refractivity contribution in [3.63, 3.8) is 0 Å². The van der Waals surface area contributed by atoms with E-state index in [1.165, 1.54) is 16.7 Å². The lowest BCUT2D eigenvalue weighted by Gasteiger charge is -2.41. The molecule has 1 N–H and O–H groups in total. The molecular weight excluding hydrogens is 254 g/mol. The molecule has 3 rings (SSSR count). The van der Waals surface area contributed by atoms with E-state index in [9.17, 15) is 0 Å². The molecule has 0 aliphatic carbocycles. The van der Waals surface area contributed by atoms with Crippen LogP contribution in [0.3, 0.4) is 0 Å². The van der Waals surface area contributed by atoms with Crippen molar-refractivity contribution in [1.29, 1.82) is 0 Å². The van der Waals surface area contributed by atoms with Gasteiger partial charge < -0.3 is 5.32 Å². The molecule has 1 atom stereocenters. The molecule has 98 valence electrons. The van der Waals surface area contributed by atoms with Gasteiger partial charge in [0, 0.05) is 23.0 Å². The van der Waals surface area contributed by atoms with E-state index in [0.29, 0.717) is 5.92 Å². The number of nitrogens with one attached hydrogen (secondary N) is 1. The van der Waals surface area contributed by atoms with E-state index >= 15 is 0 Å². The van der Waals surface area contributed by atoms with E-state index in [2.05, 4.69) is 61.6 Å². The van der Waals surface area contributed by atoms with Crippen LogP contribution in [0.25, 0.3) is 0 Å². The highest BCUT2D eigenvalue weighted by atomic mass is 35.5. The molecule has 1 nitrogen and oxygen atoms in total. The minimum atomic E-state index is 0.0268. The smallest absolute Gasteiger partial charge is 0.0409 e. The SMILES string of the molecule is CC1(C)NCc2ccc(Cl)cc2C1c1ccccc1. The van der Waals surface area contributed by atoms with Gasteiger partial charge in [-0.15, -0.1) is 0 Å². The molecule has 1 aliphatic rings. The Balaban J connectivity index is 2.18. The molecule has 2 heteroatoms. The van der Waals surface area contributed by atoms with Crippen LogP contribution in [0.4, 0.5) is 0 Å². The molecule has 2 aromatic carbocycles. The second-order valence-electron chi connectivity index (χ2n) is 5.76. The highest BCUT2D eigenvalue weighted by molar-refractivity contribution is 6.30. The highest BCUT2D eigenvalue weighted by Crippen LogP contribution is 2.40. The molecule has 1 unspecified atom stereocenters. The van der Waals surface area contributed by atoms with Gasteiger partial charge in [0.2, 0.25) is 0 Å². The van der Waals surface area contributed by atoms with Crippen LogP contribution in [0.5, 0.6) is 0 Å². The first-order chi connectivity index (χ1) is 9.08. The molecule has 0 radical (unpaired) electrons. The van der Waals surface area contributed by atoms with E-state index in [0.717, 1.165) is 11.6 Å². The molecule has 0 saturated carbocycles. The normalized spacial score (nSPS) is 20.9. The summed E-state index contributed by atoms with van der Waals surface area (Å²) in [5.74, 6) is 0.330. The van der Waals surface area contributed by atoms with Gasteiger partial charge in [-0.3, -0.25) is 0 Å². The Morgan fingerprint density at radius 2 is 1.84 bits per heavy atom. The van der Waals surface area contributed by atoms with E-state index in [1.807, 2.05) is 6.07 Å². The summed E-state index contributed by atoms with van der Waals surface area (Å²) in [6.07, 6.45) is 0. The summed E-state index contributed by atoms with van der Waals surface area (Å²) in [4.78, 5) is 0. The third-order valence-electron chi connectivity index (χ3n) is 4.01. The van der Waals surface area contributed by atoms with Crippen molar-refractivity contribution in [3.05, 3.63) is 70.2 Å². The Bertz CT molecular complexity index is 589. The lowest BCUT2D eigenvalue weighted by atomic mass is 9.73. The minimum Gasteiger partial charge on any atom is -0.307 e. The third-order valence-corrected chi connectivity index (χ3v) is 4.24. The summed E-state index contributed by atoms with van der Waals surface area (Å²) in [5.41, 5.74) is 4.06. The second kappa shape index (κ2) is 4.66. The lowest BCUT2D eigenvalue weighted by molar-refractivity contribution is 0.323. The first kappa shape index (κ1) is 12.7. The van der Waals surface area contributed by atoms with E-state index in [4.69, 9.17) is 11.6 Å². The van der Waals surface area contributed by atoms with Gasteiger partial charge in [-0.1, -0.05) is 48.0 Å². The predicted molar refractivity (Wildman–Crippen MR) is 80.7 cm³/mol. The average Bonchev–Trinajstić information content (AvgIpc) is 2.38. The Hall–Kier alpha value is -1.31. The maximum absolute atomic E-state index is 6.20. The van der Waals surface area contributed by atoms with Crippen molar-refractivity contribution in [2.24, 2.45) is 0 Å². The Kier molecular flexibility index (Phi) is 3.12. The van der Waals surface area contributed by atoms with E-state index in [1.54, 1.807) is 0 Å². The summed E-state index contributed by atoms with van der Waals surface area (Å²) >= 11 is 6.20. The van der Waals surface area contributed by atoms with Crippen LogP contribution in [-0.2, 0) is 6.54 Å². The van der Waals surface area contributed by atoms with Gasteiger partial charge in [0.05, 0.1) is 0 Å². The first-order valence-electron chi connectivity index (χ1n) is 6.66. The fraction of sp³-hybridized carbons (Fsp3) is 0.294. The molecule has 0 amide bonds. The number of fused-ring (bicyclic) bond motifs is 1. The monoisotopic (exact) mass is 271 g/mol. The summed E-state index contributed by atoms with van der Waals surface area (Å²) < 4.78 is 0. The fourth-order valence-electron chi connectivity index (χ4n) is 3.05. The highest BCUT2D eigenvalue weighted by Gasteiger charge is 2.36. The summed E-state index contributed by atoms with van der Waals surface area (Å²) in [5, 5.41) is 4.46. The minimum absolute atomic E-state index is 0.0268. The summed E-state index contributed by atoms with van der Waals surface area (Å²) in [6.45, 7) is 5.42. The van der Waals surface area contributed by atoms with Crippen molar-refractivity contribution >= 4 is 11.6 Å². The number of hydrogen-bond donors (Lipinski definition) is 1. The Morgan fingerprint density at radius 3 is 2.58 bits per heavy atom. The van der Waals surface area contributed by atoms with Crippen LogP contribution in [0.2, 0.25) is 5.02 Å². The van der Waals surface area contributed by atoms with Crippen LogP contribution < -0.4 is 5.32 Å². The Morgan fingerprint density at radius 1 is 1.11 bits per heavy atom. The van der Waals surface area contributed by atoms with Gasteiger partial charge in [0.15, 0.2) is 0 Å². The molecule has 0 saturated heterocycles. The zero-order valence-electron chi connectivity index (χ0n) is 11.3. The van der Waals surface area contributed by atoms with Gasteiger partial charge in [0.1, 0.15) is 0 Å². The lowest BCUT2D eigenvalue weighted by Crippen LogP contribution is -2.48. The average molecular weight is 272 g/mol. The second-order valence-corrected chi connectivity index (χ2v) is 6.20. The zero-order valence-corrected chi connectivity index (χ0v) is 12.0. The molecule has 1 heterocycles. The number of hydrogen-bond acceptors (Lipinski definition) is 1. The first-order valence-corrected chi connectivity index (χ1v) is 7.04. The van der Waals surface area contributed by atoms with Crippen LogP contribution >= 0.6 is 11.6 Å². The van der Waals surface area contributed by atoms with Gasteiger partial charge >= 0.3 is 0 Å². The van der Waals surface area contributed by atoms with E-state index < -0.39 is 0 Å². The summed E-state index contributed by atoms with van der Waals surface area (Å²) in [7, 11) is 0. The maximum Gasteiger partial charge on any atom is 0.0409 e. The number of halogens is 1. The van der Waals surface area contributed by atoms with E-state index in [-0.39, 0.29) is 5.54 Å². The third kappa shape index (κ3) is 2.29. The zero-order chi connectivity index (χ0) is 13.5. The molecule has 0 fully saturated rings. The maximum atomic E-state index is 6.20. The molecule has 19 heavy (non-hydrogen) atoms. The summed E-state index contributed by atoms with van der Waals surface area (Å²) in [6, 6.07) is 16.9. The van der Waals surface area contributed by atoms with Crippen molar-refractivity contribution in [3.8, 4) is 0 Å². The number of rotatable bonds is 1. The van der Waals surface area contributed by atoms with Gasteiger partial charge in [-0.25, -0.2) is 0 Å². The number of benzene rings is 2. The topological polar surface area (TPSA) is 12.0 Å². The van der Waals surface area contributed by atoms with Crippen molar-refractivity contribution < 1.29 is 0 Å². The molecular formula is C17H18ClN. The largest absolute Gasteiger partial charge is 0.307 e. The van der Waals surface area contributed by atoms with Gasteiger partial charge in [-0.2, -0.15) is 0 Å². The van der Waals surface area contributed by atoms with Gasteiger partial charge in [0.25, 0.3) is 0 Å². The van der Waals surface area contributed by atoms with Crippen LogP contribution in [0.1, 0.15) is 36.5 Å². The van der Waals surface area contributed by atoms with Crippen molar-refractivity contribution in [1.82, 2.24) is 5.32 Å². The fourth-order valence-corrected chi connectivity index (χ4v) is 3.23. The van der Waals surface area contributed by atoms with Gasteiger partial charge in [-0.05, 0) is 42.7 Å². The molecule has 0 bridgehead atoms. The van der Waals surface area contributed by atoms with Crippen LogP contribution in [-0.4, -0.2) is 5.54 Å². The van der Waals surface area contributed by atoms with Crippen molar-refractivity contribution in [2.45, 2.75) is 31.8 Å². The Labute approximate surface area is 119 Å². The van der Waals surface area contributed by atoms with Crippen LogP contribution in [0.15, 0.2) is 48.5 Å². The molecule has 0 spiro atoms. The molecule has 2 aromatic rings. The molecule has 1 aliphatic heterocycles. The quantitative estimate of drug-likeness (QED) is 0.813. The predicted octanol–water partition coefficient (Wildman–Crippen LogP) is 4.35. The standard InChI is InChI=1S/C17H18ClN/c1-17(2)16(12-6-4-3-5-7-12)15-10-14(18)9-8-13(15)11-19-17/h3-10,16,19H,11H2,1-2H3. The van der Waals surface area contributed by atoms with Crippen LogP contribution in [0, 0.1) is 0 Å². The van der Waals surface area contributed by atoms with Crippen molar-refractivity contribution in [2.75, 3.05) is 0 Å². The molecule has 0 aromatic heterocycles.